The van der Waals surface area contributed by atoms with Crippen molar-refractivity contribution in [3.8, 4) is 0 Å². The number of nitrogens with zero attached hydrogens (tertiary/aromatic N) is 3. The largest absolute Gasteiger partial charge is 0.463 e. The lowest BCUT2D eigenvalue weighted by molar-refractivity contribution is -0.138. The number of aromatic nitrogens is 1. The van der Waals surface area contributed by atoms with Gasteiger partial charge in [0.25, 0.3) is 5.56 Å². The minimum absolute atomic E-state index is 0.195. The van der Waals surface area contributed by atoms with E-state index in [1.165, 1.54) is 21.9 Å². The molecule has 6 nitrogen and oxygen atoms in total. The SMILES string of the molecule is CCOC(=O)C1=C(c2ccccc2)N=c2s/c(=C/c3ccc4c(c3)Sc3ccccc3N4C)c(=O)n2[C@@H]1c1ccc(SC)cc1. The number of ether oxygens (including phenoxy) is 1. The van der Waals surface area contributed by atoms with Crippen molar-refractivity contribution in [2.75, 3.05) is 24.8 Å². The number of para-hydroxylation sites is 1. The van der Waals surface area contributed by atoms with E-state index in [2.05, 4.69) is 48.3 Å². The molecule has 5 aromatic rings. The molecule has 1 aromatic heterocycles. The van der Waals surface area contributed by atoms with Crippen molar-refractivity contribution in [2.24, 2.45) is 4.99 Å². The Morgan fingerprint density at radius 3 is 2.44 bits per heavy atom. The molecule has 7 rings (SSSR count). The maximum Gasteiger partial charge on any atom is 0.338 e. The monoisotopic (exact) mass is 647 g/mol. The quantitative estimate of drug-likeness (QED) is 0.148. The van der Waals surface area contributed by atoms with Crippen LogP contribution in [0, 0.1) is 0 Å². The molecule has 0 saturated heterocycles. The summed E-state index contributed by atoms with van der Waals surface area (Å²) in [7, 11) is 2.08. The Kier molecular flexibility index (Phi) is 7.99. The van der Waals surface area contributed by atoms with Crippen LogP contribution in [0.25, 0.3) is 11.8 Å². The number of fused-ring (bicyclic) bond motifs is 3. The lowest BCUT2D eigenvalue weighted by Gasteiger charge is -2.29. The van der Waals surface area contributed by atoms with Gasteiger partial charge in [0.2, 0.25) is 0 Å². The fraction of sp³-hybridized carbons (Fsp3) is 0.139. The molecule has 1 atom stereocenters. The number of thioether (sulfide) groups is 1. The van der Waals surface area contributed by atoms with Crippen LogP contribution in [0.3, 0.4) is 0 Å². The number of anilines is 2. The van der Waals surface area contributed by atoms with E-state index in [0.29, 0.717) is 20.6 Å². The molecule has 4 aromatic carbocycles. The molecule has 0 amide bonds. The van der Waals surface area contributed by atoms with Gasteiger partial charge in [0.05, 0.1) is 39.8 Å². The number of hydrogen-bond donors (Lipinski definition) is 0. The second-order valence-electron chi connectivity index (χ2n) is 10.6. The summed E-state index contributed by atoms with van der Waals surface area (Å²) >= 11 is 4.70. The average Bonchev–Trinajstić information content (AvgIpc) is 3.38. The molecule has 0 N–H and O–H groups in total. The maximum absolute atomic E-state index is 14.3. The first-order valence-electron chi connectivity index (χ1n) is 14.5. The van der Waals surface area contributed by atoms with E-state index in [4.69, 9.17) is 9.73 Å². The zero-order chi connectivity index (χ0) is 31.1. The molecule has 45 heavy (non-hydrogen) atoms. The molecule has 0 unspecified atom stereocenters. The first-order valence-corrected chi connectivity index (χ1v) is 17.4. The molecule has 2 aliphatic rings. The predicted octanol–water partition coefficient (Wildman–Crippen LogP) is 6.89. The number of esters is 1. The van der Waals surface area contributed by atoms with Crippen molar-refractivity contribution in [3.05, 3.63) is 139 Å². The van der Waals surface area contributed by atoms with E-state index >= 15 is 0 Å². The van der Waals surface area contributed by atoms with E-state index in [1.54, 1.807) is 35.0 Å². The van der Waals surface area contributed by atoms with Crippen LogP contribution in [0.1, 0.15) is 29.7 Å². The molecule has 0 saturated carbocycles. The molecule has 0 aliphatic carbocycles. The fourth-order valence-corrected chi connectivity index (χ4v) is 8.35. The standard InChI is InChI=1S/C36H29N3O3S3/c1-4-42-35(41)31-32(23-10-6-5-7-11-23)37-36-39(33(31)24-15-17-25(43-3)18-16-24)34(40)30(45-36)21-22-14-19-27-29(20-22)44-28-13-9-8-12-26(28)38(27)2/h5-21,33H,4H2,1-3H3/b30-21+/t33-/m1/s1. The fourth-order valence-electron chi connectivity index (χ4n) is 5.74. The topological polar surface area (TPSA) is 63.9 Å². The number of carbonyl (C=O) groups excluding carboxylic acids is 1. The number of benzene rings is 4. The summed E-state index contributed by atoms with van der Waals surface area (Å²) in [6, 6.07) is 31.5. The van der Waals surface area contributed by atoms with E-state index in [9.17, 15) is 9.59 Å². The first kappa shape index (κ1) is 29.4. The van der Waals surface area contributed by atoms with Gasteiger partial charge in [0.1, 0.15) is 0 Å². The molecule has 9 heteroatoms. The average molecular weight is 648 g/mol. The van der Waals surface area contributed by atoms with E-state index < -0.39 is 12.0 Å². The van der Waals surface area contributed by atoms with Crippen molar-refractivity contribution in [1.82, 2.24) is 4.57 Å². The van der Waals surface area contributed by atoms with Crippen LogP contribution >= 0.6 is 34.9 Å². The highest BCUT2D eigenvalue weighted by Crippen LogP contribution is 2.47. The Morgan fingerprint density at radius 2 is 1.69 bits per heavy atom. The van der Waals surface area contributed by atoms with E-state index in [1.807, 2.05) is 73.0 Å². The third-order valence-electron chi connectivity index (χ3n) is 7.89. The van der Waals surface area contributed by atoms with Gasteiger partial charge in [-0.15, -0.1) is 11.8 Å². The Bertz CT molecular complexity index is 2150. The Hall–Kier alpha value is -4.31. The van der Waals surface area contributed by atoms with Gasteiger partial charge in [-0.1, -0.05) is 83.8 Å². The van der Waals surface area contributed by atoms with Crippen molar-refractivity contribution in [3.63, 3.8) is 0 Å². The van der Waals surface area contributed by atoms with Crippen molar-refractivity contribution in [1.29, 1.82) is 0 Å². The van der Waals surface area contributed by atoms with Crippen molar-refractivity contribution in [2.45, 2.75) is 27.7 Å². The molecule has 3 heterocycles. The maximum atomic E-state index is 14.3. The van der Waals surface area contributed by atoms with Gasteiger partial charge < -0.3 is 9.64 Å². The van der Waals surface area contributed by atoms with Crippen LogP contribution in [-0.2, 0) is 9.53 Å². The highest BCUT2D eigenvalue weighted by Gasteiger charge is 2.35. The van der Waals surface area contributed by atoms with Crippen LogP contribution in [0.4, 0.5) is 11.4 Å². The normalized spacial score (nSPS) is 15.7. The molecule has 0 bridgehead atoms. The second-order valence-corrected chi connectivity index (χ2v) is 13.5. The van der Waals surface area contributed by atoms with Crippen LogP contribution in [0.2, 0.25) is 0 Å². The Labute approximate surface area is 273 Å². The predicted molar refractivity (Wildman–Crippen MR) is 184 cm³/mol. The Balaban J connectivity index is 1.41. The summed E-state index contributed by atoms with van der Waals surface area (Å²) in [6.07, 6.45) is 3.95. The Morgan fingerprint density at radius 1 is 0.956 bits per heavy atom. The summed E-state index contributed by atoms with van der Waals surface area (Å²) < 4.78 is 7.79. The van der Waals surface area contributed by atoms with E-state index in [-0.39, 0.29) is 12.2 Å². The van der Waals surface area contributed by atoms with Gasteiger partial charge in [0, 0.05) is 27.3 Å². The molecular formula is C36H29N3O3S3. The highest BCUT2D eigenvalue weighted by molar-refractivity contribution is 7.99. The number of rotatable bonds is 6. The number of thiazole rings is 1. The van der Waals surface area contributed by atoms with Gasteiger partial charge in [-0.25, -0.2) is 9.79 Å². The molecular weight excluding hydrogens is 619 g/mol. The minimum atomic E-state index is -0.696. The summed E-state index contributed by atoms with van der Waals surface area (Å²) in [5, 5.41) is 0. The smallest absolute Gasteiger partial charge is 0.338 e. The minimum Gasteiger partial charge on any atom is -0.463 e. The first-order chi connectivity index (χ1) is 22.0. The molecule has 0 spiro atoms. The van der Waals surface area contributed by atoms with Crippen molar-refractivity contribution >= 4 is 64.0 Å². The van der Waals surface area contributed by atoms with Gasteiger partial charge in [0.15, 0.2) is 4.80 Å². The zero-order valence-electron chi connectivity index (χ0n) is 24.9. The zero-order valence-corrected chi connectivity index (χ0v) is 27.3. The molecule has 2 aliphatic heterocycles. The van der Waals surface area contributed by atoms with Gasteiger partial charge in [-0.05, 0) is 66.8 Å². The third kappa shape index (κ3) is 5.35. The highest BCUT2D eigenvalue weighted by atomic mass is 32.2. The summed E-state index contributed by atoms with van der Waals surface area (Å²) in [4.78, 5) is 39.1. The third-order valence-corrected chi connectivity index (χ3v) is 10.7. The summed E-state index contributed by atoms with van der Waals surface area (Å²) in [6.45, 7) is 1.99. The number of hydrogen-bond acceptors (Lipinski definition) is 8. The molecule has 224 valence electrons. The lowest BCUT2D eigenvalue weighted by Crippen LogP contribution is -2.40. The van der Waals surface area contributed by atoms with Gasteiger partial charge >= 0.3 is 5.97 Å². The van der Waals surface area contributed by atoms with Crippen LogP contribution in [0.5, 0.6) is 0 Å². The van der Waals surface area contributed by atoms with Crippen LogP contribution < -0.4 is 19.8 Å². The number of carbonyl (C=O) groups is 1. The summed E-state index contributed by atoms with van der Waals surface area (Å²) in [5.74, 6) is -0.482. The molecule has 0 radical (unpaired) electrons. The van der Waals surface area contributed by atoms with Crippen LogP contribution in [-0.4, -0.2) is 30.4 Å². The summed E-state index contributed by atoms with van der Waals surface area (Å²) in [5.41, 5.74) is 5.51. The van der Waals surface area contributed by atoms with Gasteiger partial charge in [-0.3, -0.25) is 9.36 Å². The lowest BCUT2D eigenvalue weighted by atomic mass is 9.93. The van der Waals surface area contributed by atoms with Crippen molar-refractivity contribution < 1.29 is 9.53 Å². The van der Waals surface area contributed by atoms with Gasteiger partial charge in [-0.2, -0.15) is 0 Å². The van der Waals surface area contributed by atoms with E-state index in [0.717, 1.165) is 32.2 Å². The second kappa shape index (κ2) is 12.2. The molecule has 0 fully saturated rings. The van der Waals surface area contributed by atoms with Crippen LogP contribution in [0.15, 0.2) is 127 Å².